The first-order chi connectivity index (χ1) is 12.3. The van der Waals surface area contributed by atoms with Crippen molar-refractivity contribution in [1.82, 2.24) is 9.88 Å². The third kappa shape index (κ3) is 2.50. The van der Waals surface area contributed by atoms with Gasteiger partial charge in [0.25, 0.3) is 5.91 Å². The van der Waals surface area contributed by atoms with E-state index in [1.54, 1.807) is 0 Å². The molecule has 1 amide bonds. The van der Waals surface area contributed by atoms with Crippen LogP contribution in [0.3, 0.4) is 0 Å². The molecule has 0 spiro atoms. The van der Waals surface area contributed by atoms with Gasteiger partial charge in [-0.2, -0.15) is 0 Å². The standard InChI is InChI=1S/C21H16N2OS/c24-21(23-10-9-14-5-1-2-7-16(14)13-23)19-12-17-11-15-6-3-4-8-18(15)22-20(17)25-19/h1-8,11-12H,9-10,13H2. The second-order valence-electron chi connectivity index (χ2n) is 6.43. The molecule has 0 aliphatic carbocycles. The summed E-state index contributed by atoms with van der Waals surface area (Å²) < 4.78 is 0. The minimum Gasteiger partial charge on any atom is -0.333 e. The molecular formula is C21H16N2OS. The van der Waals surface area contributed by atoms with Crippen LogP contribution in [0.5, 0.6) is 0 Å². The second kappa shape index (κ2) is 5.67. The van der Waals surface area contributed by atoms with Crippen molar-refractivity contribution in [3.8, 4) is 0 Å². The summed E-state index contributed by atoms with van der Waals surface area (Å²) in [6, 6.07) is 20.6. The zero-order valence-electron chi connectivity index (χ0n) is 13.6. The molecule has 2 aromatic carbocycles. The molecule has 5 rings (SSSR count). The Balaban J connectivity index is 1.50. The zero-order valence-corrected chi connectivity index (χ0v) is 14.4. The lowest BCUT2D eigenvalue weighted by molar-refractivity contribution is 0.0739. The topological polar surface area (TPSA) is 33.2 Å². The lowest BCUT2D eigenvalue weighted by atomic mass is 10.00. The van der Waals surface area contributed by atoms with Crippen LogP contribution in [0.15, 0.2) is 60.7 Å². The van der Waals surface area contributed by atoms with Gasteiger partial charge in [0.15, 0.2) is 0 Å². The molecule has 0 saturated heterocycles. The van der Waals surface area contributed by atoms with Crippen molar-refractivity contribution >= 4 is 38.4 Å². The summed E-state index contributed by atoms with van der Waals surface area (Å²) in [5, 5.41) is 2.16. The number of pyridine rings is 1. The van der Waals surface area contributed by atoms with Gasteiger partial charge in [-0.3, -0.25) is 4.79 Å². The highest BCUT2D eigenvalue weighted by molar-refractivity contribution is 7.20. The van der Waals surface area contributed by atoms with Crippen LogP contribution in [0.2, 0.25) is 0 Å². The van der Waals surface area contributed by atoms with Gasteiger partial charge >= 0.3 is 0 Å². The third-order valence-corrected chi connectivity index (χ3v) is 5.87. The summed E-state index contributed by atoms with van der Waals surface area (Å²) in [5.41, 5.74) is 3.59. The minimum absolute atomic E-state index is 0.113. The van der Waals surface area contributed by atoms with Crippen molar-refractivity contribution in [3.63, 3.8) is 0 Å². The predicted molar refractivity (Wildman–Crippen MR) is 102 cm³/mol. The van der Waals surface area contributed by atoms with Gasteiger partial charge in [0.2, 0.25) is 0 Å². The van der Waals surface area contributed by atoms with Gasteiger partial charge < -0.3 is 4.90 Å². The van der Waals surface area contributed by atoms with Crippen LogP contribution in [0.25, 0.3) is 21.1 Å². The third-order valence-electron chi connectivity index (χ3n) is 4.84. The average Bonchev–Trinajstić information content (AvgIpc) is 3.08. The molecule has 25 heavy (non-hydrogen) atoms. The molecule has 0 fully saturated rings. The van der Waals surface area contributed by atoms with Crippen molar-refractivity contribution in [1.29, 1.82) is 0 Å². The van der Waals surface area contributed by atoms with Crippen molar-refractivity contribution in [3.05, 3.63) is 76.7 Å². The number of rotatable bonds is 1. The lowest BCUT2D eigenvalue weighted by Gasteiger charge is -2.28. The van der Waals surface area contributed by atoms with E-state index in [0.29, 0.717) is 6.54 Å². The summed E-state index contributed by atoms with van der Waals surface area (Å²) in [6.07, 6.45) is 0.926. The van der Waals surface area contributed by atoms with Crippen molar-refractivity contribution in [2.45, 2.75) is 13.0 Å². The lowest BCUT2D eigenvalue weighted by Crippen LogP contribution is -2.35. The number of amides is 1. The number of aromatic nitrogens is 1. The van der Waals surface area contributed by atoms with Crippen LogP contribution in [-0.4, -0.2) is 22.3 Å². The number of benzene rings is 2. The Morgan fingerprint density at radius 3 is 2.68 bits per heavy atom. The van der Waals surface area contributed by atoms with Crippen molar-refractivity contribution < 1.29 is 4.79 Å². The smallest absolute Gasteiger partial charge is 0.264 e. The molecule has 4 aromatic rings. The maximum absolute atomic E-state index is 13.0. The summed E-state index contributed by atoms with van der Waals surface area (Å²) in [5.74, 6) is 0.113. The van der Waals surface area contributed by atoms with E-state index in [1.807, 2.05) is 35.2 Å². The van der Waals surface area contributed by atoms with Crippen LogP contribution in [0.4, 0.5) is 0 Å². The number of carbonyl (C=O) groups excluding carboxylic acids is 1. The quantitative estimate of drug-likeness (QED) is 0.504. The van der Waals surface area contributed by atoms with Crippen LogP contribution >= 0.6 is 11.3 Å². The number of fused-ring (bicyclic) bond motifs is 3. The monoisotopic (exact) mass is 344 g/mol. The Bertz CT molecular complexity index is 1060. The fourth-order valence-electron chi connectivity index (χ4n) is 3.50. The SMILES string of the molecule is O=C(c1cc2cc3ccccc3nc2s1)N1CCc2ccccc2C1. The first-order valence-corrected chi connectivity index (χ1v) is 9.25. The maximum Gasteiger partial charge on any atom is 0.264 e. The highest BCUT2D eigenvalue weighted by Gasteiger charge is 2.23. The molecule has 122 valence electrons. The number of hydrogen-bond donors (Lipinski definition) is 0. The molecule has 0 radical (unpaired) electrons. The van der Waals surface area contributed by atoms with Crippen LogP contribution in [0, 0.1) is 0 Å². The molecule has 0 unspecified atom stereocenters. The van der Waals surface area contributed by atoms with Crippen LogP contribution < -0.4 is 0 Å². The van der Waals surface area contributed by atoms with Crippen LogP contribution in [-0.2, 0) is 13.0 Å². The van der Waals surface area contributed by atoms with Crippen molar-refractivity contribution in [2.24, 2.45) is 0 Å². The normalized spacial score (nSPS) is 14.0. The van der Waals surface area contributed by atoms with Crippen molar-refractivity contribution in [2.75, 3.05) is 6.54 Å². The molecule has 1 aliphatic heterocycles. The van der Waals surface area contributed by atoms with Gasteiger partial charge in [-0.1, -0.05) is 42.5 Å². The maximum atomic E-state index is 13.0. The molecule has 1 aliphatic rings. The van der Waals surface area contributed by atoms with Gasteiger partial charge in [0.05, 0.1) is 10.4 Å². The molecular weight excluding hydrogens is 328 g/mol. The van der Waals surface area contributed by atoms with E-state index >= 15 is 0 Å². The van der Waals surface area contributed by atoms with E-state index in [0.717, 1.165) is 39.0 Å². The number of nitrogens with zero attached hydrogens (tertiary/aromatic N) is 2. The van der Waals surface area contributed by atoms with Gasteiger partial charge in [0, 0.05) is 23.9 Å². The van der Waals surface area contributed by atoms with E-state index < -0.39 is 0 Å². The largest absolute Gasteiger partial charge is 0.333 e. The van der Waals surface area contributed by atoms with Gasteiger partial charge in [-0.15, -0.1) is 11.3 Å². The molecule has 3 nitrogen and oxygen atoms in total. The summed E-state index contributed by atoms with van der Waals surface area (Å²) in [4.78, 5) is 21.3. The molecule has 4 heteroatoms. The number of hydrogen-bond acceptors (Lipinski definition) is 3. The van der Waals surface area contributed by atoms with E-state index in [2.05, 4.69) is 30.3 Å². The molecule has 3 heterocycles. The molecule has 0 bridgehead atoms. The highest BCUT2D eigenvalue weighted by atomic mass is 32.1. The van der Waals surface area contributed by atoms with E-state index in [4.69, 9.17) is 4.98 Å². The van der Waals surface area contributed by atoms with E-state index in [-0.39, 0.29) is 5.91 Å². The van der Waals surface area contributed by atoms with E-state index in [9.17, 15) is 4.79 Å². The molecule has 2 aromatic heterocycles. The van der Waals surface area contributed by atoms with E-state index in [1.165, 1.54) is 22.5 Å². The summed E-state index contributed by atoms with van der Waals surface area (Å²) in [7, 11) is 0. The fourth-order valence-corrected chi connectivity index (χ4v) is 4.50. The Morgan fingerprint density at radius 1 is 0.960 bits per heavy atom. The average molecular weight is 344 g/mol. The summed E-state index contributed by atoms with van der Waals surface area (Å²) in [6.45, 7) is 1.47. The van der Waals surface area contributed by atoms with Gasteiger partial charge in [0.1, 0.15) is 4.83 Å². The minimum atomic E-state index is 0.113. The fraction of sp³-hybridized carbons (Fsp3) is 0.143. The highest BCUT2D eigenvalue weighted by Crippen LogP contribution is 2.29. The molecule has 0 atom stereocenters. The number of para-hydroxylation sites is 1. The summed E-state index contributed by atoms with van der Waals surface area (Å²) >= 11 is 1.49. The molecule has 0 N–H and O–H groups in total. The van der Waals surface area contributed by atoms with Gasteiger partial charge in [-0.05, 0) is 35.7 Å². The second-order valence-corrected chi connectivity index (χ2v) is 7.46. The zero-order chi connectivity index (χ0) is 16.8. The Hall–Kier alpha value is -2.72. The van der Waals surface area contributed by atoms with Crippen LogP contribution in [0.1, 0.15) is 20.8 Å². The Morgan fingerprint density at radius 2 is 1.76 bits per heavy atom. The predicted octanol–water partition coefficient (Wildman–Crippen LogP) is 4.65. The first kappa shape index (κ1) is 14.6. The number of carbonyl (C=O) groups is 1. The molecule has 0 saturated carbocycles. The Kier molecular flexibility index (Phi) is 3.31. The Labute approximate surface area is 149 Å². The number of thiophene rings is 1. The first-order valence-electron chi connectivity index (χ1n) is 8.43. The van der Waals surface area contributed by atoms with Gasteiger partial charge in [-0.25, -0.2) is 4.98 Å².